The van der Waals surface area contributed by atoms with Crippen molar-refractivity contribution < 1.29 is 14.3 Å². The smallest absolute Gasteiger partial charge is 0.229 e. The van der Waals surface area contributed by atoms with Gasteiger partial charge >= 0.3 is 0 Å². The number of hydrogen-bond acceptors (Lipinski definition) is 4. The Bertz CT molecular complexity index is 1250. The molecule has 3 aromatic carbocycles. The van der Waals surface area contributed by atoms with Gasteiger partial charge in [-0.15, -0.1) is 0 Å². The number of anilines is 1. The molecule has 0 atom stereocenters. The van der Waals surface area contributed by atoms with Crippen molar-refractivity contribution in [2.75, 3.05) is 5.32 Å². The fourth-order valence-electron chi connectivity index (χ4n) is 3.49. The first-order valence-electron chi connectivity index (χ1n) is 10.5. The van der Waals surface area contributed by atoms with Gasteiger partial charge in [-0.1, -0.05) is 79.5 Å². The Balaban J connectivity index is 1.83. The molecule has 0 unspecified atom stereocenters. The maximum Gasteiger partial charge on any atom is 0.229 e. The highest BCUT2D eigenvalue weighted by atomic mass is 35.5. The van der Waals surface area contributed by atoms with E-state index in [1.807, 2.05) is 61.5 Å². The summed E-state index contributed by atoms with van der Waals surface area (Å²) in [5.74, 6) is 0.591. The second kappa shape index (κ2) is 9.71. The topological polar surface area (TPSA) is 75.4 Å². The van der Waals surface area contributed by atoms with E-state index in [9.17, 15) is 9.90 Å². The number of amides is 1. The molecule has 0 bridgehead atoms. The third-order valence-corrected chi connectivity index (χ3v) is 5.45. The molecule has 2 N–H and O–H groups in total. The van der Waals surface area contributed by atoms with E-state index in [4.69, 9.17) is 21.0 Å². The van der Waals surface area contributed by atoms with Gasteiger partial charge < -0.3 is 9.52 Å². The predicted molar refractivity (Wildman–Crippen MR) is 128 cm³/mol. The molecule has 0 spiro atoms. The van der Waals surface area contributed by atoms with Gasteiger partial charge in [0.2, 0.25) is 17.7 Å². The monoisotopic (exact) mass is 446 g/mol. The number of para-hydroxylation sites is 1. The molecule has 1 aromatic heterocycles. The summed E-state index contributed by atoms with van der Waals surface area (Å²) in [4.78, 5) is 17.2. The third kappa shape index (κ3) is 4.53. The zero-order chi connectivity index (χ0) is 22.5. The van der Waals surface area contributed by atoms with Gasteiger partial charge in [0, 0.05) is 23.1 Å². The number of halogens is 1. The summed E-state index contributed by atoms with van der Waals surface area (Å²) in [5.41, 5.74) is 3.24. The van der Waals surface area contributed by atoms with Crippen molar-refractivity contribution in [2.45, 2.75) is 26.2 Å². The molecule has 6 heteroatoms. The van der Waals surface area contributed by atoms with Crippen molar-refractivity contribution >= 4 is 23.4 Å². The van der Waals surface area contributed by atoms with Gasteiger partial charge in [0.25, 0.3) is 0 Å². The minimum absolute atomic E-state index is 0.142. The lowest BCUT2D eigenvalue weighted by Crippen LogP contribution is -2.11. The molecular formula is C26H23ClN2O3. The number of benzene rings is 3. The van der Waals surface area contributed by atoms with Crippen molar-refractivity contribution in [2.24, 2.45) is 0 Å². The number of carbonyl (C=O) groups excluding carboxylic acids is 1. The molecule has 1 amide bonds. The molecular weight excluding hydrogens is 424 g/mol. The Hall–Kier alpha value is -3.57. The molecule has 0 fully saturated rings. The first-order valence-corrected chi connectivity index (χ1v) is 10.9. The Morgan fingerprint density at radius 3 is 2.25 bits per heavy atom. The van der Waals surface area contributed by atoms with E-state index in [1.165, 1.54) is 0 Å². The van der Waals surface area contributed by atoms with Gasteiger partial charge in [-0.2, -0.15) is 0 Å². The fraction of sp³-hybridized carbons (Fsp3) is 0.154. The lowest BCUT2D eigenvalue weighted by atomic mass is 9.99. The summed E-state index contributed by atoms with van der Waals surface area (Å²) in [5, 5.41) is 13.7. The molecule has 4 rings (SSSR count). The van der Waals surface area contributed by atoms with Crippen LogP contribution in [0, 0.1) is 0 Å². The number of phenols is 1. The normalized spacial score (nSPS) is 10.8. The highest BCUT2D eigenvalue weighted by molar-refractivity contribution is 6.33. The number of phenolic OH excluding ortho intramolecular Hbond substituents is 1. The van der Waals surface area contributed by atoms with E-state index >= 15 is 0 Å². The van der Waals surface area contributed by atoms with Crippen molar-refractivity contribution in [3.8, 4) is 39.6 Å². The zero-order valence-corrected chi connectivity index (χ0v) is 18.4. The van der Waals surface area contributed by atoms with Gasteiger partial charge in [-0.3, -0.25) is 10.1 Å². The number of hydrogen-bond donors (Lipinski definition) is 2. The van der Waals surface area contributed by atoms with Crippen LogP contribution in [0.1, 0.15) is 26.2 Å². The summed E-state index contributed by atoms with van der Waals surface area (Å²) < 4.78 is 6.08. The highest BCUT2D eigenvalue weighted by Crippen LogP contribution is 2.40. The Kier molecular flexibility index (Phi) is 6.57. The first-order chi connectivity index (χ1) is 15.6. The molecule has 0 aliphatic carbocycles. The molecule has 0 aliphatic rings. The molecule has 0 radical (unpaired) electrons. The van der Waals surface area contributed by atoms with Crippen molar-refractivity contribution in [3.63, 3.8) is 0 Å². The van der Waals surface area contributed by atoms with Crippen molar-refractivity contribution in [1.82, 2.24) is 4.98 Å². The van der Waals surface area contributed by atoms with Gasteiger partial charge in [0.1, 0.15) is 11.4 Å². The number of nitrogens with zero attached hydrogens (tertiary/aromatic N) is 1. The van der Waals surface area contributed by atoms with Crippen LogP contribution in [-0.4, -0.2) is 16.0 Å². The number of rotatable bonds is 7. The van der Waals surface area contributed by atoms with Crippen LogP contribution in [0.3, 0.4) is 0 Å². The summed E-state index contributed by atoms with van der Waals surface area (Å²) in [7, 11) is 0. The van der Waals surface area contributed by atoms with E-state index in [0.717, 1.165) is 18.4 Å². The highest BCUT2D eigenvalue weighted by Gasteiger charge is 2.22. The van der Waals surface area contributed by atoms with Gasteiger partial charge in [0.05, 0.1) is 5.02 Å². The van der Waals surface area contributed by atoms with Crippen molar-refractivity contribution in [3.05, 3.63) is 77.8 Å². The third-order valence-electron chi connectivity index (χ3n) is 5.12. The summed E-state index contributed by atoms with van der Waals surface area (Å²) in [6.07, 6.45) is 2.09. The molecule has 0 aliphatic heterocycles. The van der Waals surface area contributed by atoms with Crippen molar-refractivity contribution in [1.29, 1.82) is 0 Å². The quantitative estimate of drug-likeness (QED) is 0.315. The van der Waals surface area contributed by atoms with Crippen LogP contribution in [-0.2, 0) is 4.79 Å². The van der Waals surface area contributed by atoms with E-state index in [0.29, 0.717) is 39.7 Å². The van der Waals surface area contributed by atoms with Crippen LogP contribution >= 0.6 is 11.6 Å². The predicted octanol–water partition coefficient (Wildman–Crippen LogP) is 7.16. The Morgan fingerprint density at radius 1 is 0.938 bits per heavy atom. The lowest BCUT2D eigenvalue weighted by molar-refractivity contribution is -0.116. The van der Waals surface area contributed by atoms with E-state index in [2.05, 4.69) is 5.32 Å². The molecule has 4 aromatic rings. The summed E-state index contributed by atoms with van der Waals surface area (Å²) in [6, 6.07) is 21.9. The maximum absolute atomic E-state index is 12.5. The van der Waals surface area contributed by atoms with Gasteiger partial charge in [-0.05, 0) is 30.2 Å². The molecule has 5 nitrogen and oxygen atoms in total. The zero-order valence-electron chi connectivity index (χ0n) is 17.6. The number of aromatic hydroxyl groups is 1. The van der Waals surface area contributed by atoms with Crippen LogP contribution in [0.4, 0.5) is 5.88 Å². The second-order valence-electron chi connectivity index (χ2n) is 7.39. The van der Waals surface area contributed by atoms with E-state index in [-0.39, 0.29) is 17.5 Å². The number of carbonyl (C=O) groups is 1. The minimum Gasteiger partial charge on any atom is -0.507 e. The maximum atomic E-state index is 12.5. The van der Waals surface area contributed by atoms with Crippen LogP contribution < -0.4 is 5.32 Å². The minimum atomic E-state index is -0.142. The standard InChI is InChI=1S/C26H23ClN2O3/c1-2-3-16-23(31)28-26-24(20-13-6-8-14-21(20)27)29-25(32-26)19-12-5-4-10-17(19)18-11-7-9-15-22(18)30/h4-15,30H,2-3,16H2,1H3,(H,28,31). The largest absolute Gasteiger partial charge is 0.507 e. The van der Waals surface area contributed by atoms with Gasteiger partial charge in [-0.25, -0.2) is 4.98 Å². The van der Waals surface area contributed by atoms with Crippen LogP contribution in [0.5, 0.6) is 5.75 Å². The summed E-state index contributed by atoms with van der Waals surface area (Å²) >= 11 is 6.43. The van der Waals surface area contributed by atoms with E-state index < -0.39 is 0 Å². The van der Waals surface area contributed by atoms with Crippen LogP contribution in [0.25, 0.3) is 33.8 Å². The van der Waals surface area contributed by atoms with Crippen LogP contribution in [0.15, 0.2) is 77.2 Å². The molecule has 32 heavy (non-hydrogen) atoms. The molecule has 1 heterocycles. The Morgan fingerprint density at radius 2 is 1.56 bits per heavy atom. The number of unbranched alkanes of at least 4 members (excludes halogenated alkanes) is 1. The number of oxazole rings is 1. The Labute approximate surface area is 191 Å². The molecule has 0 saturated carbocycles. The van der Waals surface area contributed by atoms with Gasteiger partial charge in [0.15, 0.2) is 0 Å². The lowest BCUT2D eigenvalue weighted by Gasteiger charge is -2.08. The van der Waals surface area contributed by atoms with Crippen LogP contribution in [0.2, 0.25) is 5.02 Å². The average molecular weight is 447 g/mol. The molecule has 0 saturated heterocycles. The fourth-order valence-corrected chi connectivity index (χ4v) is 3.71. The van der Waals surface area contributed by atoms with E-state index in [1.54, 1.807) is 18.2 Å². The first kappa shape index (κ1) is 21.7. The summed E-state index contributed by atoms with van der Waals surface area (Å²) in [6.45, 7) is 2.03. The average Bonchev–Trinajstić information content (AvgIpc) is 3.21. The number of aromatic nitrogens is 1. The SMILES string of the molecule is CCCCC(=O)Nc1oc(-c2ccccc2-c2ccccc2O)nc1-c1ccccc1Cl. The second-order valence-corrected chi connectivity index (χ2v) is 7.80. The number of nitrogens with one attached hydrogen (secondary N) is 1. The molecule has 162 valence electrons.